The Bertz CT molecular complexity index is 571. The van der Waals surface area contributed by atoms with Gasteiger partial charge in [0, 0.05) is 27.6 Å². The predicted molar refractivity (Wildman–Crippen MR) is 87.4 cm³/mol. The fourth-order valence-electron chi connectivity index (χ4n) is 2.02. The first-order valence-corrected chi connectivity index (χ1v) is 7.58. The lowest BCUT2D eigenvalue weighted by Crippen LogP contribution is -2.18. The molecule has 1 N–H and O–H groups in total. The highest BCUT2D eigenvalue weighted by molar-refractivity contribution is 9.10. The van der Waals surface area contributed by atoms with Crippen LogP contribution in [0.2, 0.25) is 5.02 Å². The smallest absolute Gasteiger partial charge is 0.123 e. The average molecular weight is 355 g/mol. The maximum atomic E-state index is 5.90. The van der Waals surface area contributed by atoms with Crippen molar-refractivity contribution in [1.29, 1.82) is 0 Å². The number of methoxy groups -OCH3 is 1. The molecule has 0 aliphatic rings. The standard InChI is InChI=1S/C16H17BrClNO/c1-11(12-3-6-15(18)7-4-12)19-10-13-9-14(17)5-8-16(13)20-2/h3-9,11,19H,10H2,1-2H3/t11-/m1/s1. The molecule has 0 heterocycles. The van der Waals surface area contributed by atoms with Crippen LogP contribution in [0.3, 0.4) is 0 Å². The lowest BCUT2D eigenvalue weighted by Gasteiger charge is -2.16. The molecule has 2 aromatic carbocycles. The Hall–Kier alpha value is -1.03. The molecule has 0 radical (unpaired) electrons. The molecule has 0 spiro atoms. The van der Waals surface area contributed by atoms with Gasteiger partial charge in [0.25, 0.3) is 0 Å². The van der Waals surface area contributed by atoms with Crippen molar-refractivity contribution in [3.05, 3.63) is 63.1 Å². The van der Waals surface area contributed by atoms with Gasteiger partial charge in [0.15, 0.2) is 0 Å². The van der Waals surface area contributed by atoms with Gasteiger partial charge in [-0.25, -0.2) is 0 Å². The molecule has 0 aliphatic carbocycles. The molecule has 0 aliphatic heterocycles. The Balaban J connectivity index is 2.04. The van der Waals surface area contributed by atoms with Crippen molar-refractivity contribution in [2.24, 2.45) is 0 Å². The van der Waals surface area contributed by atoms with Crippen LogP contribution in [0, 0.1) is 0 Å². The van der Waals surface area contributed by atoms with E-state index in [-0.39, 0.29) is 6.04 Å². The van der Waals surface area contributed by atoms with Gasteiger partial charge in [-0.15, -0.1) is 0 Å². The summed E-state index contributed by atoms with van der Waals surface area (Å²) in [6.45, 7) is 2.88. The third-order valence-electron chi connectivity index (χ3n) is 3.21. The summed E-state index contributed by atoms with van der Waals surface area (Å²) in [4.78, 5) is 0. The van der Waals surface area contributed by atoms with Crippen LogP contribution in [0.15, 0.2) is 46.9 Å². The molecule has 0 aromatic heterocycles. The monoisotopic (exact) mass is 353 g/mol. The van der Waals surface area contributed by atoms with Gasteiger partial charge in [-0.05, 0) is 42.8 Å². The van der Waals surface area contributed by atoms with Crippen molar-refractivity contribution in [2.75, 3.05) is 7.11 Å². The minimum atomic E-state index is 0.246. The number of benzene rings is 2. The number of hydrogen-bond donors (Lipinski definition) is 1. The highest BCUT2D eigenvalue weighted by atomic mass is 79.9. The molecule has 0 saturated carbocycles. The van der Waals surface area contributed by atoms with E-state index in [9.17, 15) is 0 Å². The van der Waals surface area contributed by atoms with E-state index in [1.807, 2.05) is 36.4 Å². The summed E-state index contributed by atoms with van der Waals surface area (Å²) in [6, 6.07) is 14.2. The molecule has 0 amide bonds. The zero-order chi connectivity index (χ0) is 14.5. The van der Waals surface area contributed by atoms with Crippen molar-refractivity contribution in [3.63, 3.8) is 0 Å². The van der Waals surface area contributed by atoms with Gasteiger partial charge in [-0.3, -0.25) is 0 Å². The molecular formula is C16H17BrClNO. The highest BCUT2D eigenvalue weighted by Crippen LogP contribution is 2.24. The van der Waals surface area contributed by atoms with Crippen LogP contribution in [0.25, 0.3) is 0 Å². The van der Waals surface area contributed by atoms with E-state index >= 15 is 0 Å². The van der Waals surface area contributed by atoms with Gasteiger partial charge in [0.2, 0.25) is 0 Å². The number of ether oxygens (including phenoxy) is 1. The Morgan fingerprint density at radius 3 is 2.55 bits per heavy atom. The number of halogens is 2. The predicted octanol–water partition coefficient (Wildman–Crippen LogP) is 4.96. The minimum absolute atomic E-state index is 0.246. The fraction of sp³-hybridized carbons (Fsp3) is 0.250. The number of rotatable bonds is 5. The first-order chi connectivity index (χ1) is 9.60. The summed E-state index contributed by atoms with van der Waals surface area (Å²) in [7, 11) is 1.69. The second-order valence-electron chi connectivity index (χ2n) is 4.61. The quantitative estimate of drug-likeness (QED) is 0.819. The van der Waals surface area contributed by atoms with Crippen LogP contribution in [0.5, 0.6) is 5.75 Å². The van der Waals surface area contributed by atoms with Crippen molar-refractivity contribution < 1.29 is 4.74 Å². The van der Waals surface area contributed by atoms with E-state index in [4.69, 9.17) is 16.3 Å². The molecule has 4 heteroatoms. The van der Waals surface area contributed by atoms with Crippen LogP contribution in [0.1, 0.15) is 24.1 Å². The van der Waals surface area contributed by atoms with Gasteiger partial charge in [-0.1, -0.05) is 39.7 Å². The fourth-order valence-corrected chi connectivity index (χ4v) is 2.55. The molecule has 106 valence electrons. The normalized spacial score (nSPS) is 12.2. The summed E-state index contributed by atoms with van der Waals surface area (Å²) in [5.41, 5.74) is 2.34. The van der Waals surface area contributed by atoms with Crippen molar-refractivity contribution in [1.82, 2.24) is 5.32 Å². The third kappa shape index (κ3) is 3.98. The largest absolute Gasteiger partial charge is 0.496 e. The molecule has 2 aromatic rings. The third-order valence-corrected chi connectivity index (χ3v) is 3.96. The SMILES string of the molecule is COc1ccc(Br)cc1CN[C@H](C)c1ccc(Cl)cc1. The van der Waals surface area contributed by atoms with Crippen LogP contribution >= 0.6 is 27.5 Å². The Morgan fingerprint density at radius 1 is 1.20 bits per heavy atom. The first kappa shape index (κ1) is 15.4. The molecular weight excluding hydrogens is 338 g/mol. The van der Waals surface area contributed by atoms with E-state index < -0.39 is 0 Å². The molecule has 20 heavy (non-hydrogen) atoms. The average Bonchev–Trinajstić information content (AvgIpc) is 2.45. The summed E-state index contributed by atoms with van der Waals surface area (Å²) in [5.74, 6) is 0.893. The molecule has 0 unspecified atom stereocenters. The lowest BCUT2D eigenvalue weighted by molar-refractivity contribution is 0.406. The van der Waals surface area contributed by atoms with Gasteiger partial charge in [0.1, 0.15) is 5.75 Å². The summed E-state index contributed by atoms with van der Waals surface area (Å²) in [5, 5.41) is 4.25. The van der Waals surface area contributed by atoms with Crippen LogP contribution in [0.4, 0.5) is 0 Å². The summed E-state index contributed by atoms with van der Waals surface area (Å²) < 4.78 is 6.43. The molecule has 2 rings (SSSR count). The molecule has 2 nitrogen and oxygen atoms in total. The number of nitrogens with one attached hydrogen (secondary N) is 1. The van der Waals surface area contributed by atoms with Crippen LogP contribution < -0.4 is 10.1 Å². The van der Waals surface area contributed by atoms with Gasteiger partial charge < -0.3 is 10.1 Å². The maximum absolute atomic E-state index is 5.90. The van der Waals surface area contributed by atoms with Crippen LogP contribution in [-0.2, 0) is 6.54 Å². The lowest BCUT2D eigenvalue weighted by atomic mass is 10.1. The van der Waals surface area contributed by atoms with E-state index in [2.05, 4.69) is 34.2 Å². The topological polar surface area (TPSA) is 21.3 Å². The molecule has 1 atom stereocenters. The van der Waals surface area contributed by atoms with Crippen molar-refractivity contribution in [3.8, 4) is 5.75 Å². The van der Waals surface area contributed by atoms with E-state index in [0.29, 0.717) is 0 Å². The zero-order valence-electron chi connectivity index (χ0n) is 11.5. The minimum Gasteiger partial charge on any atom is -0.496 e. The zero-order valence-corrected chi connectivity index (χ0v) is 13.8. The van der Waals surface area contributed by atoms with E-state index in [0.717, 1.165) is 27.4 Å². The van der Waals surface area contributed by atoms with Gasteiger partial charge in [-0.2, -0.15) is 0 Å². The summed E-state index contributed by atoms with van der Waals surface area (Å²) >= 11 is 9.39. The second kappa shape index (κ2) is 7.11. The summed E-state index contributed by atoms with van der Waals surface area (Å²) in [6.07, 6.45) is 0. The highest BCUT2D eigenvalue weighted by Gasteiger charge is 2.08. The van der Waals surface area contributed by atoms with Gasteiger partial charge >= 0.3 is 0 Å². The van der Waals surface area contributed by atoms with Crippen molar-refractivity contribution in [2.45, 2.75) is 19.5 Å². The Morgan fingerprint density at radius 2 is 1.90 bits per heavy atom. The van der Waals surface area contributed by atoms with E-state index in [1.54, 1.807) is 7.11 Å². The molecule has 0 bridgehead atoms. The second-order valence-corrected chi connectivity index (χ2v) is 5.96. The Labute approximate surface area is 133 Å². The first-order valence-electron chi connectivity index (χ1n) is 6.41. The number of hydrogen-bond acceptors (Lipinski definition) is 2. The van der Waals surface area contributed by atoms with E-state index in [1.165, 1.54) is 5.56 Å². The Kier molecular flexibility index (Phi) is 5.46. The molecule has 0 saturated heterocycles. The molecule has 0 fully saturated rings. The maximum Gasteiger partial charge on any atom is 0.123 e. The van der Waals surface area contributed by atoms with Crippen molar-refractivity contribution >= 4 is 27.5 Å². The van der Waals surface area contributed by atoms with Gasteiger partial charge in [0.05, 0.1) is 7.11 Å². The van der Waals surface area contributed by atoms with Crippen LogP contribution in [-0.4, -0.2) is 7.11 Å².